The predicted octanol–water partition coefficient (Wildman–Crippen LogP) is 3.74. The molecule has 1 fully saturated rings. The normalized spacial score (nSPS) is 16.3. The van der Waals surface area contributed by atoms with Gasteiger partial charge in [-0.15, -0.1) is 0 Å². The lowest BCUT2D eigenvalue weighted by molar-refractivity contribution is -0.137. The van der Waals surface area contributed by atoms with Crippen LogP contribution in [0.5, 0.6) is 0 Å². The van der Waals surface area contributed by atoms with Crippen LogP contribution in [0.2, 0.25) is 10.0 Å². The highest BCUT2D eigenvalue weighted by atomic mass is 35.5. The van der Waals surface area contributed by atoms with Gasteiger partial charge in [0, 0.05) is 25.2 Å². The summed E-state index contributed by atoms with van der Waals surface area (Å²) in [5.74, 6) is -1.36. The van der Waals surface area contributed by atoms with E-state index in [2.05, 4.69) is 5.32 Å². The van der Waals surface area contributed by atoms with Crippen LogP contribution in [0.1, 0.15) is 18.4 Å². The molecule has 0 spiro atoms. The van der Waals surface area contributed by atoms with Crippen LogP contribution in [0.3, 0.4) is 0 Å². The van der Waals surface area contributed by atoms with Gasteiger partial charge < -0.3 is 10.3 Å². The van der Waals surface area contributed by atoms with Gasteiger partial charge in [-0.2, -0.15) is 17.5 Å². The fourth-order valence-corrected chi connectivity index (χ4v) is 5.75. The second-order valence-electron chi connectivity index (χ2n) is 6.85. The second-order valence-corrected chi connectivity index (χ2v) is 9.54. The van der Waals surface area contributed by atoms with Crippen LogP contribution in [0.25, 0.3) is 0 Å². The predicted molar refractivity (Wildman–Crippen MR) is 109 cm³/mol. The first-order chi connectivity index (χ1) is 14.4. The lowest BCUT2D eigenvalue weighted by atomic mass is 9.97. The van der Waals surface area contributed by atoms with Crippen LogP contribution in [-0.4, -0.2) is 36.7 Å². The van der Waals surface area contributed by atoms with E-state index in [4.69, 9.17) is 23.2 Å². The maximum absolute atomic E-state index is 12.9. The number of H-pyrrole nitrogens is 1. The Balaban J connectivity index is 1.70. The van der Waals surface area contributed by atoms with Crippen LogP contribution in [0.4, 0.5) is 18.9 Å². The summed E-state index contributed by atoms with van der Waals surface area (Å²) >= 11 is 12.0. The molecule has 168 valence electrons. The number of sulfonamides is 1. The summed E-state index contributed by atoms with van der Waals surface area (Å²) in [6, 6.07) is 4.85. The number of rotatable bonds is 4. The number of anilines is 1. The number of amides is 1. The van der Waals surface area contributed by atoms with Gasteiger partial charge in [-0.05, 0) is 31.0 Å². The maximum Gasteiger partial charge on any atom is 0.417 e. The third-order valence-electron chi connectivity index (χ3n) is 4.83. The Morgan fingerprint density at radius 2 is 1.74 bits per heavy atom. The summed E-state index contributed by atoms with van der Waals surface area (Å²) in [4.78, 5) is 25.9. The van der Waals surface area contributed by atoms with Gasteiger partial charge >= 0.3 is 6.18 Å². The van der Waals surface area contributed by atoms with Crippen LogP contribution < -0.4 is 10.9 Å². The van der Waals surface area contributed by atoms with Crippen molar-refractivity contribution in [2.75, 3.05) is 18.4 Å². The average Bonchev–Trinajstić information content (AvgIpc) is 2.68. The molecule has 1 saturated heterocycles. The number of pyridine rings is 1. The number of aromatic nitrogens is 1. The van der Waals surface area contributed by atoms with Crippen molar-refractivity contribution in [2.24, 2.45) is 5.92 Å². The molecule has 0 aliphatic carbocycles. The number of halogens is 5. The van der Waals surface area contributed by atoms with Crippen LogP contribution in [-0.2, 0) is 21.0 Å². The Kier molecular flexibility index (Phi) is 6.70. The standard InChI is InChI=1S/C18H16Cl2F3N3O4S/c19-12-2-1-3-13(20)15(12)31(29,30)26-6-4-10(5-7-26)16(27)25-14-8-11(18(21,22)23)9-24-17(14)28/h1-3,8-10H,4-7H2,(H,24,28)(H,25,27). The number of benzene rings is 1. The quantitative estimate of drug-likeness (QED) is 0.671. The molecule has 0 saturated carbocycles. The van der Waals surface area contributed by atoms with Gasteiger partial charge in [-0.3, -0.25) is 9.59 Å². The SMILES string of the molecule is O=C(Nc1cc(C(F)(F)F)c[nH]c1=O)C1CCN(S(=O)(=O)c2c(Cl)cccc2Cl)CC1. The first kappa shape index (κ1) is 23.6. The first-order valence-corrected chi connectivity index (χ1v) is 11.2. The maximum atomic E-state index is 12.9. The Bertz CT molecular complexity index is 1140. The molecule has 2 N–H and O–H groups in total. The van der Waals surface area contributed by atoms with Crippen molar-refractivity contribution in [2.45, 2.75) is 23.9 Å². The zero-order valence-electron chi connectivity index (χ0n) is 15.7. The number of hydrogen-bond acceptors (Lipinski definition) is 4. The van der Waals surface area contributed by atoms with E-state index in [1.807, 2.05) is 4.98 Å². The molecule has 13 heteroatoms. The first-order valence-electron chi connectivity index (χ1n) is 8.96. The Morgan fingerprint density at radius 3 is 2.29 bits per heavy atom. The number of nitrogens with one attached hydrogen (secondary N) is 2. The van der Waals surface area contributed by atoms with Gasteiger partial charge in [0.25, 0.3) is 5.56 Å². The monoisotopic (exact) mass is 497 g/mol. The number of aromatic amines is 1. The largest absolute Gasteiger partial charge is 0.417 e. The number of carbonyl (C=O) groups is 1. The van der Waals surface area contributed by atoms with E-state index in [0.717, 1.165) is 4.31 Å². The lowest BCUT2D eigenvalue weighted by Gasteiger charge is -2.31. The summed E-state index contributed by atoms with van der Waals surface area (Å²) in [5.41, 5.74) is -2.52. The van der Waals surface area contributed by atoms with Crippen LogP contribution in [0.15, 0.2) is 40.2 Å². The molecule has 0 unspecified atom stereocenters. The number of nitrogens with zero attached hydrogens (tertiary/aromatic N) is 1. The van der Waals surface area contributed by atoms with Crippen molar-refractivity contribution >= 4 is 44.8 Å². The van der Waals surface area contributed by atoms with Crippen molar-refractivity contribution in [3.05, 3.63) is 56.4 Å². The Hall–Kier alpha value is -2.08. The number of carbonyl (C=O) groups excluding carboxylic acids is 1. The van der Waals surface area contributed by atoms with Crippen molar-refractivity contribution in [1.82, 2.24) is 9.29 Å². The van der Waals surface area contributed by atoms with Gasteiger partial charge in [0.05, 0.1) is 15.6 Å². The third kappa shape index (κ3) is 5.05. The molecule has 0 atom stereocenters. The van der Waals surface area contributed by atoms with E-state index in [-0.39, 0.29) is 40.9 Å². The summed E-state index contributed by atoms with van der Waals surface area (Å²) in [7, 11) is -4.00. The van der Waals surface area contributed by atoms with E-state index in [0.29, 0.717) is 12.3 Å². The lowest BCUT2D eigenvalue weighted by Crippen LogP contribution is -2.41. The molecule has 7 nitrogen and oxygen atoms in total. The van der Waals surface area contributed by atoms with Crippen molar-refractivity contribution in [1.29, 1.82) is 0 Å². The fraction of sp³-hybridized carbons (Fsp3) is 0.333. The summed E-state index contributed by atoms with van der Waals surface area (Å²) < 4.78 is 65.4. The topological polar surface area (TPSA) is 99.3 Å². The zero-order chi connectivity index (χ0) is 23.0. The molecule has 3 rings (SSSR count). The number of alkyl halides is 3. The van der Waals surface area contributed by atoms with Gasteiger partial charge in [0.15, 0.2) is 0 Å². The van der Waals surface area contributed by atoms with Gasteiger partial charge in [0.2, 0.25) is 15.9 Å². The molecule has 1 aliphatic rings. The van der Waals surface area contributed by atoms with E-state index in [9.17, 15) is 31.2 Å². The van der Waals surface area contributed by atoms with Crippen LogP contribution in [0, 0.1) is 5.92 Å². The zero-order valence-corrected chi connectivity index (χ0v) is 18.0. The third-order valence-corrected chi connectivity index (χ3v) is 7.68. The summed E-state index contributed by atoms with van der Waals surface area (Å²) in [6.07, 6.45) is -3.97. The highest BCUT2D eigenvalue weighted by molar-refractivity contribution is 7.89. The molecule has 0 bridgehead atoms. The molecule has 31 heavy (non-hydrogen) atoms. The van der Waals surface area contributed by atoms with E-state index in [1.165, 1.54) is 18.2 Å². The van der Waals surface area contributed by atoms with E-state index >= 15 is 0 Å². The van der Waals surface area contributed by atoms with Crippen molar-refractivity contribution < 1.29 is 26.4 Å². The number of piperidine rings is 1. The minimum atomic E-state index is -4.69. The van der Waals surface area contributed by atoms with Crippen LogP contribution >= 0.6 is 23.2 Å². The second kappa shape index (κ2) is 8.81. The molecule has 0 radical (unpaired) electrons. The molecular formula is C18H16Cl2F3N3O4S. The molecule has 2 aromatic rings. The highest BCUT2D eigenvalue weighted by Gasteiger charge is 2.35. The van der Waals surface area contributed by atoms with Crippen molar-refractivity contribution in [3.8, 4) is 0 Å². The molecule has 1 amide bonds. The molecule has 2 heterocycles. The molecule has 1 aliphatic heterocycles. The Labute approximate surface area is 185 Å². The fourth-order valence-electron chi connectivity index (χ4n) is 3.19. The minimum Gasteiger partial charge on any atom is -0.327 e. The minimum absolute atomic E-state index is 0.0269. The number of hydrogen-bond donors (Lipinski definition) is 2. The van der Waals surface area contributed by atoms with Gasteiger partial charge in [-0.25, -0.2) is 8.42 Å². The average molecular weight is 498 g/mol. The molecule has 1 aromatic carbocycles. The molecule has 1 aromatic heterocycles. The highest BCUT2D eigenvalue weighted by Crippen LogP contribution is 2.34. The smallest absolute Gasteiger partial charge is 0.327 e. The summed E-state index contributed by atoms with van der Waals surface area (Å²) in [6.45, 7) is -0.0537. The summed E-state index contributed by atoms with van der Waals surface area (Å²) in [5, 5.41) is 2.14. The van der Waals surface area contributed by atoms with Gasteiger partial charge in [0.1, 0.15) is 10.6 Å². The van der Waals surface area contributed by atoms with Crippen molar-refractivity contribution in [3.63, 3.8) is 0 Å². The molecular weight excluding hydrogens is 482 g/mol. The van der Waals surface area contributed by atoms with E-state index < -0.39 is 44.8 Å². The van der Waals surface area contributed by atoms with Gasteiger partial charge in [-0.1, -0.05) is 29.3 Å². The Morgan fingerprint density at radius 1 is 1.16 bits per heavy atom. The van der Waals surface area contributed by atoms with E-state index in [1.54, 1.807) is 0 Å².